The van der Waals surface area contributed by atoms with E-state index in [1.165, 1.54) is 23.3 Å². The Balaban J connectivity index is 1.49. The summed E-state index contributed by atoms with van der Waals surface area (Å²) in [5.74, 6) is 1.58. The van der Waals surface area contributed by atoms with Crippen LogP contribution in [-0.4, -0.2) is 43.0 Å². The Morgan fingerprint density at radius 1 is 1.40 bits per heavy atom. The van der Waals surface area contributed by atoms with Gasteiger partial charge in [-0.15, -0.1) is 21.5 Å². The van der Waals surface area contributed by atoms with Gasteiger partial charge in [-0.3, -0.25) is 10.00 Å². The molecule has 0 aliphatic carbocycles. The number of nitrogens with one attached hydrogen (secondary N) is 1. The smallest absolute Gasteiger partial charge is 0.137 e. The van der Waals surface area contributed by atoms with E-state index < -0.39 is 0 Å². The van der Waals surface area contributed by atoms with Crippen molar-refractivity contribution >= 4 is 11.3 Å². The van der Waals surface area contributed by atoms with E-state index >= 15 is 0 Å². The third-order valence-electron chi connectivity index (χ3n) is 4.91. The molecule has 132 valence electrons. The van der Waals surface area contributed by atoms with E-state index in [1.807, 2.05) is 12.5 Å². The van der Waals surface area contributed by atoms with E-state index in [-0.39, 0.29) is 0 Å². The van der Waals surface area contributed by atoms with Crippen LogP contribution >= 0.6 is 11.3 Å². The highest BCUT2D eigenvalue weighted by atomic mass is 32.1. The maximum atomic E-state index is 4.42. The Morgan fingerprint density at radius 2 is 2.32 bits per heavy atom. The monoisotopic (exact) mass is 356 g/mol. The number of H-pyrrole nitrogens is 1. The number of piperidine rings is 1. The van der Waals surface area contributed by atoms with Gasteiger partial charge < -0.3 is 4.57 Å². The number of aromatic amines is 1. The number of aromatic nitrogens is 5. The van der Waals surface area contributed by atoms with Crippen molar-refractivity contribution < 1.29 is 0 Å². The lowest BCUT2D eigenvalue weighted by atomic mass is 9.96. The molecule has 3 aromatic rings. The predicted molar refractivity (Wildman–Crippen MR) is 99.6 cm³/mol. The average Bonchev–Trinajstić information content (AvgIpc) is 3.35. The maximum absolute atomic E-state index is 4.42. The zero-order valence-corrected chi connectivity index (χ0v) is 15.5. The van der Waals surface area contributed by atoms with Crippen LogP contribution < -0.4 is 0 Å². The largest absolute Gasteiger partial charge is 0.315 e. The summed E-state index contributed by atoms with van der Waals surface area (Å²) in [7, 11) is 0. The molecular weight excluding hydrogens is 332 g/mol. The van der Waals surface area contributed by atoms with Gasteiger partial charge in [0.05, 0.1) is 16.8 Å². The van der Waals surface area contributed by atoms with Crippen molar-refractivity contribution in [1.29, 1.82) is 0 Å². The number of thiophene rings is 1. The molecule has 1 saturated heterocycles. The second kappa shape index (κ2) is 7.09. The molecule has 0 unspecified atom stereocenters. The molecule has 1 fully saturated rings. The number of likely N-dealkylation sites (tertiary alicyclic amines) is 1. The zero-order chi connectivity index (χ0) is 17.2. The van der Waals surface area contributed by atoms with E-state index in [0.717, 1.165) is 31.2 Å². The van der Waals surface area contributed by atoms with Crippen LogP contribution in [0.4, 0.5) is 0 Å². The van der Waals surface area contributed by atoms with E-state index in [4.69, 9.17) is 0 Å². The van der Waals surface area contributed by atoms with Crippen LogP contribution in [0.25, 0.3) is 10.6 Å². The van der Waals surface area contributed by atoms with Crippen molar-refractivity contribution in [3.8, 4) is 10.6 Å². The Labute approximate surface area is 151 Å². The number of rotatable bonds is 5. The van der Waals surface area contributed by atoms with Crippen LogP contribution in [0.5, 0.6) is 0 Å². The number of hydrogen-bond donors (Lipinski definition) is 1. The third-order valence-corrected chi connectivity index (χ3v) is 5.79. The van der Waals surface area contributed by atoms with Crippen molar-refractivity contribution in [2.24, 2.45) is 0 Å². The fraction of sp³-hybridized carbons (Fsp3) is 0.500. The fourth-order valence-corrected chi connectivity index (χ4v) is 4.41. The molecule has 3 aromatic heterocycles. The first kappa shape index (κ1) is 16.5. The van der Waals surface area contributed by atoms with Gasteiger partial charge in [0.1, 0.15) is 12.2 Å². The molecule has 0 saturated carbocycles. The Bertz CT molecular complexity index is 803. The maximum Gasteiger partial charge on any atom is 0.137 e. The summed E-state index contributed by atoms with van der Waals surface area (Å²) in [5.41, 5.74) is 2.43. The minimum absolute atomic E-state index is 0.402. The van der Waals surface area contributed by atoms with Gasteiger partial charge in [0.25, 0.3) is 0 Å². The lowest BCUT2D eigenvalue weighted by molar-refractivity contribution is 0.194. The zero-order valence-electron chi connectivity index (χ0n) is 14.7. The van der Waals surface area contributed by atoms with Crippen molar-refractivity contribution in [2.75, 3.05) is 13.1 Å². The highest BCUT2D eigenvalue weighted by Crippen LogP contribution is 2.30. The lowest BCUT2D eigenvalue weighted by Gasteiger charge is -2.32. The fourth-order valence-electron chi connectivity index (χ4n) is 3.66. The Kier molecular flexibility index (Phi) is 4.67. The summed E-state index contributed by atoms with van der Waals surface area (Å²) in [4.78, 5) is 3.77. The minimum Gasteiger partial charge on any atom is -0.315 e. The molecule has 1 aliphatic heterocycles. The van der Waals surface area contributed by atoms with E-state index in [2.05, 4.69) is 61.2 Å². The first-order chi connectivity index (χ1) is 12.2. The van der Waals surface area contributed by atoms with Crippen molar-refractivity contribution in [3.05, 3.63) is 41.4 Å². The number of hydrogen-bond acceptors (Lipinski definition) is 5. The van der Waals surface area contributed by atoms with Gasteiger partial charge in [-0.2, -0.15) is 5.10 Å². The first-order valence-corrected chi connectivity index (χ1v) is 9.78. The Morgan fingerprint density at radius 3 is 3.12 bits per heavy atom. The third kappa shape index (κ3) is 3.39. The second-order valence-electron chi connectivity index (χ2n) is 7.01. The standard InChI is InChI=1S/C18H24N6S/c1-13(2)24-12-20-22-18(24)14-5-3-7-23(10-14)11-15-9-19-21-17(15)16-6-4-8-25-16/h4,6,8-9,12-14H,3,5,7,10-11H2,1-2H3,(H,19,21)/t14-/m1/s1. The molecule has 0 spiro atoms. The normalized spacial score (nSPS) is 18.9. The molecule has 7 heteroatoms. The molecule has 0 bridgehead atoms. The van der Waals surface area contributed by atoms with Crippen LogP contribution in [0.3, 0.4) is 0 Å². The van der Waals surface area contributed by atoms with Gasteiger partial charge in [-0.05, 0) is 44.7 Å². The topological polar surface area (TPSA) is 62.6 Å². The van der Waals surface area contributed by atoms with Gasteiger partial charge in [0, 0.05) is 30.6 Å². The molecule has 0 amide bonds. The summed E-state index contributed by atoms with van der Waals surface area (Å²) in [6, 6.07) is 4.63. The van der Waals surface area contributed by atoms with Crippen molar-refractivity contribution in [1.82, 2.24) is 29.9 Å². The molecule has 4 heterocycles. The van der Waals surface area contributed by atoms with Gasteiger partial charge in [0.15, 0.2) is 0 Å². The second-order valence-corrected chi connectivity index (χ2v) is 7.96. The van der Waals surface area contributed by atoms with Crippen LogP contribution in [0.1, 0.15) is 50.0 Å². The van der Waals surface area contributed by atoms with Crippen molar-refractivity contribution in [2.45, 2.75) is 45.2 Å². The van der Waals surface area contributed by atoms with Gasteiger partial charge in [0.2, 0.25) is 0 Å². The summed E-state index contributed by atoms with van der Waals surface area (Å²) in [6.45, 7) is 7.45. The molecule has 0 aromatic carbocycles. The molecule has 1 atom stereocenters. The summed E-state index contributed by atoms with van der Waals surface area (Å²) < 4.78 is 2.21. The van der Waals surface area contributed by atoms with E-state index in [1.54, 1.807) is 11.3 Å². The highest BCUT2D eigenvalue weighted by molar-refractivity contribution is 7.13. The minimum atomic E-state index is 0.402. The summed E-state index contributed by atoms with van der Waals surface area (Å²) in [6.07, 6.45) is 6.21. The van der Waals surface area contributed by atoms with E-state index in [9.17, 15) is 0 Å². The van der Waals surface area contributed by atoms with Crippen molar-refractivity contribution in [3.63, 3.8) is 0 Å². The molecule has 1 N–H and O–H groups in total. The number of nitrogens with zero attached hydrogens (tertiary/aromatic N) is 5. The molecule has 4 rings (SSSR count). The molecule has 0 radical (unpaired) electrons. The summed E-state index contributed by atoms with van der Waals surface area (Å²) >= 11 is 1.75. The van der Waals surface area contributed by atoms with Crippen LogP contribution in [-0.2, 0) is 6.54 Å². The van der Waals surface area contributed by atoms with Crippen LogP contribution in [0.2, 0.25) is 0 Å². The quantitative estimate of drug-likeness (QED) is 0.757. The summed E-state index contributed by atoms with van der Waals surface area (Å²) in [5, 5.41) is 18.1. The lowest BCUT2D eigenvalue weighted by Crippen LogP contribution is -2.35. The molecule has 1 aliphatic rings. The van der Waals surface area contributed by atoms with Crippen LogP contribution in [0.15, 0.2) is 30.0 Å². The first-order valence-electron chi connectivity index (χ1n) is 8.90. The average molecular weight is 356 g/mol. The van der Waals surface area contributed by atoms with Crippen LogP contribution in [0, 0.1) is 0 Å². The van der Waals surface area contributed by atoms with E-state index in [0.29, 0.717) is 12.0 Å². The van der Waals surface area contributed by atoms with Gasteiger partial charge in [-0.1, -0.05) is 6.07 Å². The predicted octanol–water partition coefficient (Wildman–Crippen LogP) is 3.69. The molecule has 6 nitrogen and oxygen atoms in total. The molecule has 25 heavy (non-hydrogen) atoms. The highest BCUT2D eigenvalue weighted by Gasteiger charge is 2.26. The van der Waals surface area contributed by atoms with Gasteiger partial charge >= 0.3 is 0 Å². The Hall–Kier alpha value is -1.99. The van der Waals surface area contributed by atoms with Gasteiger partial charge in [-0.25, -0.2) is 0 Å². The molecular formula is C18H24N6S. The SMILES string of the molecule is CC(C)n1cnnc1[C@@H]1CCCN(Cc2cn[nH]c2-c2cccs2)C1.